The molecule has 1 unspecified atom stereocenters. The van der Waals surface area contributed by atoms with Crippen molar-refractivity contribution in [3.8, 4) is 0 Å². The lowest BCUT2D eigenvalue weighted by Gasteiger charge is -2.32. The van der Waals surface area contributed by atoms with Gasteiger partial charge in [0.15, 0.2) is 0 Å². The third-order valence-corrected chi connectivity index (χ3v) is 4.68. The number of morpholine rings is 1. The molecule has 0 aliphatic carbocycles. The summed E-state index contributed by atoms with van der Waals surface area (Å²) in [5.74, 6) is 0.597. The zero-order chi connectivity index (χ0) is 13.1. The van der Waals surface area contributed by atoms with Crippen LogP contribution in [-0.2, 0) is 9.53 Å². The maximum atomic E-state index is 12.5. The molecule has 0 bridgehead atoms. The minimum Gasteiger partial charge on any atom is -0.379 e. The fourth-order valence-corrected chi connectivity index (χ4v) is 3.50. The van der Waals surface area contributed by atoms with Gasteiger partial charge in [-0.3, -0.25) is 9.69 Å². The van der Waals surface area contributed by atoms with Gasteiger partial charge < -0.3 is 15.0 Å². The highest BCUT2D eigenvalue weighted by atomic mass is 16.5. The first-order chi connectivity index (χ1) is 9.34. The van der Waals surface area contributed by atoms with Crippen LogP contribution in [0.25, 0.3) is 0 Å². The molecule has 3 aliphatic heterocycles. The van der Waals surface area contributed by atoms with Gasteiger partial charge in [-0.1, -0.05) is 0 Å². The summed E-state index contributed by atoms with van der Waals surface area (Å²) in [6.07, 6.45) is 3.33. The van der Waals surface area contributed by atoms with Crippen molar-refractivity contribution in [2.75, 3.05) is 52.5 Å². The molecular formula is C14H25N3O2. The monoisotopic (exact) mass is 267 g/mol. The first-order valence-electron chi connectivity index (χ1n) is 7.66. The number of rotatable bonds is 2. The number of likely N-dealkylation sites (tertiary alicyclic amines) is 1. The second kappa shape index (κ2) is 6.20. The van der Waals surface area contributed by atoms with E-state index < -0.39 is 0 Å². The molecule has 5 heteroatoms. The molecule has 0 aromatic heterocycles. The third kappa shape index (κ3) is 3.09. The summed E-state index contributed by atoms with van der Waals surface area (Å²) in [5.41, 5.74) is 0. The Morgan fingerprint density at radius 3 is 2.74 bits per heavy atom. The lowest BCUT2D eigenvalue weighted by Crippen LogP contribution is -2.46. The maximum absolute atomic E-state index is 12.5. The van der Waals surface area contributed by atoms with E-state index >= 15 is 0 Å². The number of piperidine rings is 1. The second-order valence-corrected chi connectivity index (χ2v) is 5.92. The molecule has 2 atom stereocenters. The van der Waals surface area contributed by atoms with Crippen molar-refractivity contribution in [1.82, 2.24) is 15.1 Å². The van der Waals surface area contributed by atoms with E-state index in [0.29, 0.717) is 11.9 Å². The predicted molar refractivity (Wildman–Crippen MR) is 73.0 cm³/mol. The Hall–Kier alpha value is -0.650. The van der Waals surface area contributed by atoms with Gasteiger partial charge in [0.1, 0.15) is 0 Å². The summed E-state index contributed by atoms with van der Waals surface area (Å²) in [6.45, 7) is 7.55. The van der Waals surface area contributed by atoms with Gasteiger partial charge in [0.25, 0.3) is 0 Å². The second-order valence-electron chi connectivity index (χ2n) is 5.92. The Balaban J connectivity index is 1.51. The minimum atomic E-state index is 0.220. The van der Waals surface area contributed by atoms with Crippen molar-refractivity contribution >= 4 is 5.91 Å². The van der Waals surface area contributed by atoms with Crippen LogP contribution in [-0.4, -0.2) is 74.2 Å². The molecule has 0 spiro atoms. The smallest absolute Gasteiger partial charge is 0.227 e. The summed E-state index contributed by atoms with van der Waals surface area (Å²) in [4.78, 5) is 17.1. The number of hydrogen-bond acceptors (Lipinski definition) is 4. The van der Waals surface area contributed by atoms with Gasteiger partial charge in [0.05, 0.1) is 19.1 Å². The lowest BCUT2D eigenvalue weighted by atomic mass is 9.98. The number of amides is 1. The van der Waals surface area contributed by atoms with Crippen molar-refractivity contribution in [2.24, 2.45) is 5.92 Å². The zero-order valence-corrected chi connectivity index (χ0v) is 11.6. The van der Waals surface area contributed by atoms with Crippen molar-refractivity contribution < 1.29 is 9.53 Å². The number of nitrogens with one attached hydrogen (secondary N) is 1. The molecule has 3 aliphatic rings. The van der Waals surface area contributed by atoms with Crippen LogP contribution < -0.4 is 5.32 Å². The first-order valence-corrected chi connectivity index (χ1v) is 7.66. The van der Waals surface area contributed by atoms with Crippen LogP contribution in [0.2, 0.25) is 0 Å². The number of carbonyl (C=O) groups is 1. The number of hydrogen-bond donors (Lipinski definition) is 1. The van der Waals surface area contributed by atoms with Gasteiger partial charge in [0, 0.05) is 38.8 Å². The van der Waals surface area contributed by atoms with E-state index in [1.54, 1.807) is 0 Å². The molecule has 5 nitrogen and oxygen atoms in total. The standard InChI is InChI=1S/C14H25N3O2/c18-14(12-2-1-4-15-10-12)17-5-3-13(11-17)16-6-8-19-9-7-16/h12-13,15H,1-11H2/t12-,13?/m1/s1. The zero-order valence-electron chi connectivity index (χ0n) is 11.6. The minimum absolute atomic E-state index is 0.220. The first kappa shape index (κ1) is 13.3. The molecule has 0 radical (unpaired) electrons. The number of nitrogens with zero attached hydrogens (tertiary/aromatic N) is 2. The van der Waals surface area contributed by atoms with Gasteiger partial charge >= 0.3 is 0 Å². The largest absolute Gasteiger partial charge is 0.379 e. The summed E-state index contributed by atoms with van der Waals surface area (Å²) in [7, 11) is 0. The Bertz CT molecular complexity index is 312. The topological polar surface area (TPSA) is 44.8 Å². The number of ether oxygens (including phenoxy) is 1. The molecule has 0 aromatic carbocycles. The van der Waals surface area contributed by atoms with Crippen LogP contribution in [0.15, 0.2) is 0 Å². The highest BCUT2D eigenvalue weighted by Gasteiger charge is 2.34. The van der Waals surface area contributed by atoms with Crippen molar-refractivity contribution in [3.05, 3.63) is 0 Å². The highest BCUT2D eigenvalue weighted by molar-refractivity contribution is 5.79. The molecule has 3 heterocycles. The van der Waals surface area contributed by atoms with Crippen LogP contribution in [0.3, 0.4) is 0 Å². The third-order valence-electron chi connectivity index (χ3n) is 4.68. The van der Waals surface area contributed by atoms with Gasteiger partial charge in [-0.15, -0.1) is 0 Å². The van der Waals surface area contributed by atoms with E-state index in [1.807, 2.05) is 0 Å². The Morgan fingerprint density at radius 1 is 1.16 bits per heavy atom. The van der Waals surface area contributed by atoms with E-state index in [4.69, 9.17) is 4.74 Å². The number of carbonyl (C=O) groups excluding carboxylic acids is 1. The molecule has 1 N–H and O–H groups in total. The molecule has 0 saturated carbocycles. The van der Waals surface area contributed by atoms with Crippen LogP contribution in [0.5, 0.6) is 0 Å². The van der Waals surface area contributed by atoms with Crippen LogP contribution in [0.4, 0.5) is 0 Å². The summed E-state index contributed by atoms with van der Waals surface area (Å²) < 4.78 is 5.40. The normalized spacial score (nSPS) is 33.6. The average molecular weight is 267 g/mol. The average Bonchev–Trinajstić information content (AvgIpc) is 2.98. The summed E-state index contributed by atoms with van der Waals surface area (Å²) in [6, 6.07) is 0.560. The lowest BCUT2D eigenvalue weighted by molar-refractivity contribution is -0.135. The van der Waals surface area contributed by atoms with Crippen LogP contribution in [0, 0.1) is 5.92 Å². The summed E-state index contributed by atoms with van der Waals surface area (Å²) in [5, 5.41) is 3.34. The van der Waals surface area contributed by atoms with Crippen molar-refractivity contribution in [3.63, 3.8) is 0 Å². The fourth-order valence-electron chi connectivity index (χ4n) is 3.50. The Labute approximate surface area is 115 Å². The molecule has 3 saturated heterocycles. The van der Waals surface area contributed by atoms with Crippen LogP contribution in [0.1, 0.15) is 19.3 Å². The van der Waals surface area contributed by atoms with E-state index in [1.165, 1.54) is 0 Å². The Morgan fingerprint density at radius 2 is 2.00 bits per heavy atom. The van der Waals surface area contributed by atoms with Crippen LogP contribution >= 0.6 is 0 Å². The highest BCUT2D eigenvalue weighted by Crippen LogP contribution is 2.21. The van der Waals surface area contributed by atoms with E-state index in [9.17, 15) is 4.79 Å². The molecule has 108 valence electrons. The van der Waals surface area contributed by atoms with Crippen molar-refractivity contribution in [1.29, 1.82) is 0 Å². The van der Waals surface area contributed by atoms with Gasteiger partial charge in [-0.2, -0.15) is 0 Å². The van der Waals surface area contributed by atoms with E-state index in [0.717, 1.165) is 71.7 Å². The molecule has 1 amide bonds. The molecule has 3 rings (SSSR count). The summed E-state index contributed by atoms with van der Waals surface area (Å²) >= 11 is 0. The molecule has 3 fully saturated rings. The quantitative estimate of drug-likeness (QED) is 0.760. The molecule has 0 aromatic rings. The van der Waals surface area contributed by atoms with Gasteiger partial charge in [-0.25, -0.2) is 0 Å². The predicted octanol–water partition coefficient (Wildman–Crippen LogP) is -0.0809. The fraction of sp³-hybridized carbons (Fsp3) is 0.929. The Kier molecular flexibility index (Phi) is 4.35. The van der Waals surface area contributed by atoms with Gasteiger partial charge in [0.2, 0.25) is 5.91 Å². The molecular weight excluding hydrogens is 242 g/mol. The SMILES string of the molecule is O=C([C@@H]1CCCNC1)N1CCC(N2CCOCC2)C1. The molecule has 19 heavy (non-hydrogen) atoms. The maximum Gasteiger partial charge on any atom is 0.227 e. The van der Waals surface area contributed by atoms with E-state index in [-0.39, 0.29) is 5.92 Å². The van der Waals surface area contributed by atoms with Crippen molar-refractivity contribution in [2.45, 2.75) is 25.3 Å². The van der Waals surface area contributed by atoms with Gasteiger partial charge in [-0.05, 0) is 25.8 Å². The van der Waals surface area contributed by atoms with E-state index in [2.05, 4.69) is 15.1 Å².